The van der Waals surface area contributed by atoms with E-state index in [0.717, 1.165) is 12.8 Å². The first-order valence-electron chi connectivity index (χ1n) is 6.97. The first kappa shape index (κ1) is 16.7. The van der Waals surface area contributed by atoms with E-state index >= 15 is 0 Å². The largest absolute Gasteiger partial charge is 0.463 e. The molecule has 0 spiro atoms. The molecule has 21 heavy (non-hydrogen) atoms. The monoisotopic (exact) mass is 289 g/mol. The van der Waals surface area contributed by atoms with Crippen molar-refractivity contribution < 1.29 is 13.9 Å². The molecule has 0 fully saturated rings. The Morgan fingerprint density at radius 1 is 1.43 bits per heavy atom. The van der Waals surface area contributed by atoms with Crippen molar-refractivity contribution in [1.29, 1.82) is 5.26 Å². The van der Waals surface area contributed by atoms with Crippen molar-refractivity contribution in [3.63, 3.8) is 0 Å². The van der Waals surface area contributed by atoms with Gasteiger partial charge in [0.15, 0.2) is 0 Å². The maximum atomic E-state index is 10.8. The van der Waals surface area contributed by atoms with Crippen molar-refractivity contribution in [2.45, 2.75) is 46.1 Å². The van der Waals surface area contributed by atoms with Crippen LogP contribution in [0.4, 0.5) is 0 Å². The molecule has 0 N–H and O–H groups in total. The highest BCUT2D eigenvalue weighted by Crippen LogP contribution is 2.12. The van der Waals surface area contributed by atoms with Gasteiger partial charge in [-0.3, -0.25) is 4.79 Å². The van der Waals surface area contributed by atoms with Gasteiger partial charge < -0.3 is 9.15 Å². The molecule has 0 radical (unpaired) electrons. The molecule has 3 aromatic rings. The van der Waals surface area contributed by atoms with Gasteiger partial charge in [0.2, 0.25) is 0 Å². The van der Waals surface area contributed by atoms with Crippen molar-refractivity contribution in [3.05, 3.63) is 34.2 Å². The van der Waals surface area contributed by atoms with E-state index in [-0.39, 0.29) is 17.7 Å². The summed E-state index contributed by atoms with van der Waals surface area (Å²) in [7, 11) is 0. The molecule has 0 aliphatic carbocycles. The van der Waals surface area contributed by atoms with Crippen molar-refractivity contribution in [3.8, 4) is 6.07 Å². The van der Waals surface area contributed by atoms with Gasteiger partial charge in [-0.1, -0.05) is 13.8 Å². The molecular weight excluding hydrogens is 270 g/mol. The van der Waals surface area contributed by atoms with Crippen LogP contribution in [0.15, 0.2) is 27.4 Å². The molecule has 2 heterocycles. The van der Waals surface area contributed by atoms with Gasteiger partial charge in [0, 0.05) is 6.42 Å². The fraction of sp³-hybridized carbons (Fsp3) is 0.438. The Bertz CT molecular complexity index is 668. The molecule has 3 rings (SSSR count). The number of benzene rings is 1. The van der Waals surface area contributed by atoms with E-state index in [2.05, 4.69) is 0 Å². The van der Waals surface area contributed by atoms with Gasteiger partial charge in [-0.25, -0.2) is 4.79 Å². The van der Waals surface area contributed by atoms with Crippen LogP contribution in [0.1, 0.15) is 45.6 Å². The van der Waals surface area contributed by atoms with Gasteiger partial charge in [-0.05, 0) is 38.0 Å². The molecule has 1 aromatic carbocycles. The molecule has 112 valence electrons. The first-order valence-corrected chi connectivity index (χ1v) is 6.97. The maximum absolute atomic E-state index is 10.8. The predicted molar refractivity (Wildman–Crippen MR) is 79.1 cm³/mol. The number of nitrogens with zero attached hydrogens (tertiary/aromatic N) is 1. The number of hydrogen-bond acceptors (Lipinski definition) is 5. The Morgan fingerprint density at radius 2 is 2.14 bits per heavy atom. The molecular formula is C16H19NO4. The van der Waals surface area contributed by atoms with Crippen LogP contribution >= 0.6 is 0 Å². The molecule has 0 aliphatic heterocycles. The number of fused-ring (bicyclic) bond motifs is 3. The summed E-state index contributed by atoms with van der Waals surface area (Å²) < 4.78 is 9.75. The number of hydrogen-bond donors (Lipinski definition) is 0. The summed E-state index contributed by atoms with van der Waals surface area (Å²) in [6, 6.07) is 6.72. The zero-order chi connectivity index (χ0) is 15.8. The minimum Gasteiger partial charge on any atom is -0.463 e. The lowest BCUT2D eigenvalue weighted by Crippen LogP contribution is -2.12. The van der Waals surface area contributed by atoms with Crippen molar-refractivity contribution in [2.75, 3.05) is 0 Å². The van der Waals surface area contributed by atoms with E-state index in [1.165, 1.54) is 6.07 Å². The summed E-state index contributed by atoms with van der Waals surface area (Å²) in [4.78, 5) is 21.6. The minimum absolute atomic E-state index is 0.0724. The van der Waals surface area contributed by atoms with Crippen LogP contribution < -0.4 is 5.63 Å². The van der Waals surface area contributed by atoms with Crippen LogP contribution in [-0.2, 0) is 9.53 Å². The zero-order valence-corrected chi connectivity index (χ0v) is 12.5. The van der Waals surface area contributed by atoms with E-state index in [9.17, 15) is 9.59 Å². The second-order valence-corrected chi connectivity index (χ2v) is 4.67. The summed E-state index contributed by atoms with van der Waals surface area (Å²) in [5.41, 5.74) is 0.399. The Kier molecular flexibility index (Phi) is 6.41. The smallest absolute Gasteiger partial charge is 0.343 e. The SMILES string of the molecule is CCCC(=O)OC(C)CC.N#Cc1cc2ccc1oc2=O. The van der Waals surface area contributed by atoms with Crippen LogP contribution in [-0.4, -0.2) is 12.1 Å². The topological polar surface area (TPSA) is 80.3 Å². The van der Waals surface area contributed by atoms with E-state index in [1.54, 1.807) is 12.1 Å². The Morgan fingerprint density at radius 3 is 2.57 bits per heavy atom. The van der Waals surface area contributed by atoms with Gasteiger partial charge >= 0.3 is 11.6 Å². The van der Waals surface area contributed by atoms with E-state index in [1.807, 2.05) is 26.8 Å². The molecule has 0 amide bonds. The van der Waals surface area contributed by atoms with Gasteiger partial charge in [0.1, 0.15) is 11.7 Å². The van der Waals surface area contributed by atoms with E-state index in [0.29, 0.717) is 23.0 Å². The summed E-state index contributed by atoms with van der Waals surface area (Å²) in [5, 5.41) is 8.96. The third-order valence-electron chi connectivity index (χ3n) is 2.90. The quantitative estimate of drug-likeness (QED) is 0.807. The third kappa shape index (κ3) is 4.92. The predicted octanol–water partition coefficient (Wildman–Crippen LogP) is 3.23. The zero-order valence-electron chi connectivity index (χ0n) is 12.5. The average molecular weight is 289 g/mol. The number of carbonyl (C=O) groups excluding carboxylic acids is 1. The average Bonchev–Trinajstić information content (AvgIpc) is 2.48. The van der Waals surface area contributed by atoms with Crippen LogP contribution in [0.3, 0.4) is 0 Å². The van der Waals surface area contributed by atoms with Gasteiger partial charge in [0.05, 0.1) is 17.1 Å². The lowest BCUT2D eigenvalue weighted by atomic mass is 10.1. The molecule has 0 saturated carbocycles. The first-order chi connectivity index (χ1) is 10.0. The molecule has 1 unspecified atom stereocenters. The normalized spacial score (nSPS) is 11.3. The van der Waals surface area contributed by atoms with Crippen molar-refractivity contribution in [2.24, 2.45) is 0 Å². The van der Waals surface area contributed by atoms with Gasteiger partial charge in [-0.2, -0.15) is 5.26 Å². The third-order valence-corrected chi connectivity index (χ3v) is 2.90. The lowest BCUT2D eigenvalue weighted by Gasteiger charge is -2.09. The molecule has 0 saturated heterocycles. The number of nitriles is 1. The molecule has 0 aliphatic rings. The summed E-state index contributed by atoms with van der Waals surface area (Å²) in [6.45, 7) is 5.88. The molecule has 2 aromatic heterocycles. The summed E-state index contributed by atoms with van der Waals surface area (Å²) in [6.07, 6.45) is 2.40. The Hall–Kier alpha value is -2.35. The number of carbonyl (C=O) groups is 1. The van der Waals surface area contributed by atoms with Crippen LogP contribution in [0.25, 0.3) is 11.0 Å². The minimum atomic E-state index is -0.374. The molecule has 5 heteroatoms. The standard InChI is InChI=1S/C8H3NO2.C8H16O2/c9-4-6-3-5-1-2-7(6)11-8(5)10;1-4-6-8(9)10-7(3)5-2/h1-3H;7H,4-6H2,1-3H3. The van der Waals surface area contributed by atoms with Gasteiger partial charge in [-0.15, -0.1) is 0 Å². The second-order valence-electron chi connectivity index (χ2n) is 4.67. The summed E-state index contributed by atoms with van der Waals surface area (Å²) >= 11 is 0. The van der Waals surface area contributed by atoms with Crippen LogP contribution in [0.5, 0.6) is 0 Å². The highest BCUT2D eigenvalue weighted by atomic mass is 16.5. The number of ether oxygens (including phenoxy) is 1. The number of rotatable bonds is 4. The maximum Gasteiger partial charge on any atom is 0.343 e. The molecule has 5 nitrogen and oxygen atoms in total. The Labute approximate surface area is 123 Å². The van der Waals surface area contributed by atoms with Crippen LogP contribution in [0, 0.1) is 11.3 Å². The lowest BCUT2D eigenvalue weighted by molar-refractivity contribution is -0.148. The van der Waals surface area contributed by atoms with Crippen molar-refractivity contribution in [1.82, 2.24) is 0 Å². The Balaban J connectivity index is 0.000000212. The van der Waals surface area contributed by atoms with Crippen LogP contribution in [0.2, 0.25) is 0 Å². The van der Waals surface area contributed by atoms with Crippen molar-refractivity contribution >= 4 is 16.9 Å². The fourth-order valence-corrected chi connectivity index (χ4v) is 1.56. The number of esters is 1. The summed E-state index contributed by atoms with van der Waals surface area (Å²) in [5.74, 6) is -0.0724. The molecule has 1 atom stereocenters. The highest BCUT2D eigenvalue weighted by Gasteiger charge is 2.05. The highest BCUT2D eigenvalue weighted by molar-refractivity contribution is 5.69. The fourth-order valence-electron chi connectivity index (χ4n) is 1.56. The van der Waals surface area contributed by atoms with E-state index < -0.39 is 0 Å². The van der Waals surface area contributed by atoms with E-state index in [4.69, 9.17) is 14.4 Å². The van der Waals surface area contributed by atoms with Gasteiger partial charge in [0.25, 0.3) is 0 Å². The molecule has 2 bridgehead atoms. The second kappa shape index (κ2) is 8.05.